The minimum Gasteiger partial charge on any atom is -0.115 e. The first kappa shape index (κ1) is 27.0. The number of aryl methyl sites for hydroxylation is 2. The summed E-state index contributed by atoms with van der Waals surface area (Å²) in [5.74, 6) is 5.09. The van der Waals surface area contributed by atoms with Gasteiger partial charge in [0.1, 0.15) is 0 Å². The van der Waals surface area contributed by atoms with Gasteiger partial charge in [0.25, 0.3) is 0 Å². The van der Waals surface area contributed by atoms with Crippen molar-refractivity contribution in [2.24, 2.45) is 17.8 Å². The Labute approximate surface area is 236 Å². The fourth-order valence-electron chi connectivity index (χ4n) is 6.78. The average molecular weight is 511 g/mol. The van der Waals surface area contributed by atoms with Crippen LogP contribution < -0.4 is 0 Å². The first-order chi connectivity index (χ1) is 19.0. The fourth-order valence-corrected chi connectivity index (χ4v) is 6.78. The highest BCUT2D eigenvalue weighted by atomic mass is 14.4. The molecular weight excluding hydrogens is 468 g/mol. The van der Waals surface area contributed by atoms with Crippen LogP contribution in [0.4, 0.5) is 0 Å². The molecule has 5 rings (SSSR count). The summed E-state index contributed by atoms with van der Waals surface area (Å²) in [6.07, 6.45) is 20.9. The number of rotatable bonds is 9. The molecule has 3 aromatic carbocycles. The van der Waals surface area contributed by atoms with Crippen LogP contribution in [-0.4, -0.2) is 0 Å². The second kappa shape index (κ2) is 12.5. The van der Waals surface area contributed by atoms with Crippen molar-refractivity contribution in [3.05, 3.63) is 137 Å². The third-order valence-corrected chi connectivity index (χ3v) is 8.97. The van der Waals surface area contributed by atoms with Crippen molar-refractivity contribution in [2.75, 3.05) is 0 Å². The molecule has 2 aliphatic carbocycles. The quantitative estimate of drug-likeness (QED) is 0.198. The lowest BCUT2D eigenvalue weighted by Gasteiger charge is -2.36. The zero-order chi connectivity index (χ0) is 27.2. The van der Waals surface area contributed by atoms with Gasteiger partial charge in [-0.05, 0) is 115 Å². The van der Waals surface area contributed by atoms with E-state index in [0.717, 1.165) is 30.7 Å². The number of hydrogen-bond acceptors (Lipinski definition) is 0. The van der Waals surface area contributed by atoms with Crippen LogP contribution in [0.15, 0.2) is 103 Å². The molecular formula is C39H42. The average Bonchev–Trinajstić information content (AvgIpc) is 3.40. The minimum absolute atomic E-state index is 0.421. The number of terminal acetylenes is 1. The molecule has 2 atom stereocenters. The third-order valence-electron chi connectivity index (χ3n) is 8.97. The van der Waals surface area contributed by atoms with Gasteiger partial charge in [0.05, 0.1) is 0 Å². The predicted octanol–water partition coefficient (Wildman–Crippen LogP) is 9.89. The molecule has 0 nitrogen and oxygen atoms in total. The fraction of sp³-hybridized carbons (Fsp3) is 0.333. The van der Waals surface area contributed by atoms with Crippen LogP contribution in [0.25, 0.3) is 5.57 Å². The van der Waals surface area contributed by atoms with E-state index in [-0.39, 0.29) is 0 Å². The molecule has 2 unspecified atom stereocenters. The maximum atomic E-state index is 5.55. The standard InChI is InChI=1S/C39H42/c1-5-31-14-16-33(17-15-31)27-34-18-21-35(22-19-34)39(29(3)12-13-32-9-7-6-8-10-32)37-23-24-38(30(4)26-37)36-20-11-28(2)25-36/h1,6-11,14-17,20,23-26,28,34-35,39H,3,12-13,18-19,21-22,27H2,2,4H3. The Morgan fingerprint density at radius 2 is 1.69 bits per heavy atom. The molecule has 0 aliphatic heterocycles. The van der Waals surface area contributed by atoms with Crippen molar-refractivity contribution >= 4 is 5.57 Å². The second-order valence-corrected chi connectivity index (χ2v) is 11.9. The van der Waals surface area contributed by atoms with Gasteiger partial charge in [-0.3, -0.25) is 0 Å². The molecule has 0 amide bonds. The summed E-state index contributed by atoms with van der Waals surface area (Å²) in [5, 5.41) is 0. The van der Waals surface area contributed by atoms with Crippen molar-refractivity contribution in [1.82, 2.24) is 0 Å². The summed E-state index contributed by atoms with van der Waals surface area (Å²) in [6.45, 7) is 9.26. The summed E-state index contributed by atoms with van der Waals surface area (Å²) in [6, 6.07) is 26.7. The van der Waals surface area contributed by atoms with Crippen LogP contribution in [0, 0.1) is 37.0 Å². The maximum absolute atomic E-state index is 5.55. The summed E-state index contributed by atoms with van der Waals surface area (Å²) in [5.41, 5.74) is 10.7. The van der Waals surface area contributed by atoms with Crippen LogP contribution in [-0.2, 0) is 12.8 Å². The molecule has 1 fully saturated rings. The molecule has 0 heteroatoms. The Balaban J connectivity index is 1.32. The van der Waals surface area contributed by atoms with Gasteiger partial charge in [-0.15, -0.1) is 6.42 Å². The molecule has 0 N–H and O–H groups in total. The topological polar surface area (TPSA) is 0 Å². The summed E-state index contributed by atoms with van der Waals surface area (Å²) in [4.78, 5) is 0. The van der Waals surface area contributed by atoms with Crippen LogP contribution in [0.5, 0.6) is 0 Å². The highest BCUT2D eigenvalue weighted by Gasteiger charge is 2.30. The highest BCUT2D eigenvalue weighted by molar-refractivity contribution is 5.78. The van der Waals surface area contributed by atoms with Crippen LogP contribution in [0.2, 0.25) is 0 Å². The maximum Gasteiger partial charge on any atom is 0.0242 e. The zero-order valence-corrected chi connectivity index (χ0v) is 23.7. The van der Waals surface area contributed by atoms with Crippen molar-refractivity contribution in [3.8, 4) is 12.3 Å². The van der Waals surface area contributed by atoms with Crippen molar-refractivity contribution in [3.63, 3.8) is 0 Å². The Kier molecular flexibility index (Phi) is 8.68. The normalized spacial score (nSPS) is 21.3. The largest absolute Gasteiger partial charge is 0.115 e. The molecule has 2 aliphatic rings. The zero-order valence-electron chi connectivity index (χ0n) is 23.7. The van der Waals surface area contributed by atoms with E-state index in [1.165, 1.54) is 64.6 Å². The Bertz CT molecular complexity index is 1370. The molecule has 198 valence electrons. The molecule has 0 spiro atoms. The van der Waals surface area contributed by atoms with Crippen LogP contribution in [0.3, 0.4) is 0 Å². The molecule has 3 aromatic rings. The van der Waals surface area contributed by atoms with E-state index in [1.807, 2.05) is 0 Å². The van der Waals surface area contributed by atoms with Gasteiger partial charge >= 0.3 is 0 Å². The van der Waals surface area contributed by atoms with Gasteiger partial charge in [-0.2, -0.15) is 0 Å². The third kappa shape index (κ3) is 6.72. The molecule has 39 heavy (non-hydrogen) atoms. The van der Waals surface area contributed by atoms with Crippen molar-refractivity contribution in [1.29, 1.82) is 0 Å². The van der Waals surface area contributed by atoms with E-state index in [9.17, 15) is 0 Å². The van der Waals surface area contributed by atoms with Gasteiger partial charge in [-0.1, -0.05) is 104 Å². The Hall–Kier alpha value is -3.56. The van der Waals surface area contributed by atoms with Crippen molar-refractivity contribution < 1.29 is 0 Å². The molecule has 1 saturated carbocycles. The first-order valence-electron chi connectivity index (χ1n) is 14.8. The van der Waals surface area contributed by atoms with Gasteiger partial charge in [0, 0.05) is 11.5 Å². The van der Waals surface area contributed by atoms with E-state index >= 15 is 0 Å². The molecule has 0 aromatic heterocycles. The Morgan fingerprint density at radius 1 is 0.949 bits per heavy atom. The number of benzene rings is 3. The summed E-state index contributed by atoms with van der Waals surface area (Å²) >= 11 is 0. The van der Waals surface area contributed by atoms with Gasteiger partial charge in [0.2, 0.25) is 0 Å². The SMILES string of the molecule is C#Cc1ccc(CC2CCC(C(C(=C)CCc3ccccc3)c3ccc(C4=CC(C)C=C4)c(C)c3)CC2)cc1. The molecule has 0 bridgehead atoms. The monoisotopic (exact) mass is 510 g/mol. The highest BCUT2D eigenvalue weighted by Crippen LogP contribution is 2.44. The van der Waals surface area contributed by atoms with E-state index in [2.05, 4.69) is 111 Å². The molecule has 0 saturated heterocycles. The molecule has 0 radical (unpaired) electrons. The number of allylic oxidation sites excluding steroid dienone is 5. The second-order valence-electron chi connectivity index (χ2n) is 11.9. The smallest absolute Gasteiger partial charge is 0.0242 e. The first-order valence-corrected chi connectivity index (χ1v) is 14.8. The molecule has 0 heterocycles. The predicted molar refractivity (Wildman–Crippen MR) is 168 cm³/mol. The van der Waals surface area contributed by atoms with E-state index < -0.39 is 0 Å². The van der Waals surface area contributed by atoms with Crippen molar-refractivity contribution in [2.45, 2.75) is 64.7 Å². The lowest BCUT2D eigenvalue weighted by Crippen LogP contribution is -2.23. The van der Waals surface area contributed by atoms with Crippen LogP contribution in [0.1, 0.15) is 78.3 Å². The summed E-state index contributed by atoms with van der Waals surface area (Å²) in [7, 11) is 0. The van der Waals surface area contributed by atoms with Crippen LogP contribution >= 0.6 is 0 Å². The van der Waals surface area contributed by atoms with E-state index in [4.69, 9.17) is 13.0 Å². The minimum atomic E-state index is 0.421. The van der Waals surface area contributed by atoms with Gasteiger partial charge < -0.3 is 0 Å². The number of hydrogen-bond donors (Lipinski definition) is 0. The lowest BCUT2D eigenvalue weighted by molar-refractivity contribution is 0.252. The van der Waals surface area contributed by atoms with E-state index in [1.54, 1.807) is 0 Å². The lowest BCUT2D eigenvalue weighted by atomic mass is 9.69. The van der Waals surface area contributed by atoms with Gasteiger partial charge in [0.15, 0.2) is 0 Å². The Morgan fingerprint density at radius 3 is 2.33 bits per heavy atom. The van der Waals surface area contributed by atoms with Gasteiger partial charge in [-0.25, -0.2) is 0 Å². The van der Waals surface area contributed by atoms with E-state index in [0.29, 0.717) is 17.8 Å². The summed E-state index contributed by atoms with van der Waals surface area (Å²) < 4.78 is 0.